The number of hydrogen-bond donors (Lipinski definition) is 2. The second kappa shape index (κ2) is 9.07. The van der Waals surface area contributed by atoms with Crippen molar-refractivity contribution in [3.05, 3.63) is 77.9 Å². The fourth-order valence-electron chi connectivity index (χ4n) is 3.88. The van der Waals surface area contributed by atoms with Crippen molar-refractivity contribution in [1.82, 2.24) is 0 Å². The standard InChI is InChI=1S/C26H29F2N3O/c1-26(2)12-14-31(15-13-26)20-10-8-19(9-11-20)30-24-22(29)16-21(27)25(23(24)28)32-17-18-6-4-3-5-7-18/h3-11,16,30H,12-15,17,29H2,1-2H3. The van der Waals surface area contributed by atoms with E-state index in [1.807, 2.05) is 54.6 Å². The van der Waals surface area contributed by atoms with Gasteiger partial charge in [-0.1, -0.05) is 44.2 Å². The van der Waals surface area contributed by atoms with Crippen molar-refractivity contribution in [2.24, 2.45) is 5.41 Å². The summed E-state index contributed by atoms with van der Waals surface area (Å²) in [6, 6.07) is 18.1. The number of anilines is 4. The van der Waals surface area contributed by atoms with Crippen LogP contribution in [-0.4, -0.2) is 13.1 Å². The molecule has 168 valence electrons. The molecule has 1 heterocycles. The van der Waals surface area contributed by atoms with E-state index in [1.165, 1.54) is 0 Å². The van der Waals surface area contributed by atoms with Crippen molar-refractivity contribution in [2.45, 2.75) is 33.3 Å². The van der Waals surface area contributed by atoms with E-state index in [-0.39, 0.29) is 18.0 Å². The third kappa shape index (κ3) is 4.96. The highest BCUT2D eigenvalue weighted by molar-refractivity contribution is 5.75. The summed E-state index contributed by atoms with van der Waals surface area (Å²) in [7, 11) is 0. The van der Waals surface area contributed by atoms with Crippen LogP contribution in [0.15, 0.2) is 60.7 Å². The van der Waals surface area contributed by atoms with Crippen molar-refractivity contribution >= 4 is 22.7 Å². The Hall–Kier alpha value is -3.28. The highest BCUT2D eigenvalue weighted by Crippen LogP contribution is 2.36. The zero-order valence-electron chi connectivity index (χ0n) is 18.5. The van der Waals surface area contributed by atoms with Gasteiger partial charge in [0.25, 0.3) is 0 Å². The lowest BCUT2D eigenvalue weighted by atomic mass is 9.82. The summed E-state index contributed by atoms with van der Waals surface area (Å²) >= 11 is 0. The van der Waals surface area contributed by atoms with Crippen molar-refractivity contribution in [3.8, 4) is 5.75 Å². The van der Waals surface area contributed by atoms with Crippen molar-refractivity contribution < 1.29 is 13.5 Å². The highest BCUT2D eigenvalue weighted by Gasteiger charge is 2.25. The smallest absolute Gasteiger partial charge is 0.193 e. The maximum absolute atomic E-state index is 15.1. The average Bonchev–Trinajstić information content (AvgIpc) is 2.78. The molecule has 3 N–H and O–H groups in total. The van der Waals surface area contributed by atoms with Gasteiger partial charge in [-0.05, 0) is 48.1 Å². The number of halogens is 2. The van der Waals surface area contributed by atoms with E-state index >= 15 is 4.39 Å². The molecular formula is C26H29F2N3O. The Morgan fingerprint density at radius 1 is 1.00 bits per heavy atom. The Kier molecular flexibility index (Phi) is 6.21. The van der Waals surface area contributed by atoms with Gasteiger partial charge in [-0.15, -0.1) is 0 Å². The number of benzene rings is 3. The monoisotopic (exact) mass is 437 g/mol. The van der Waals surface area contributed by atoms with Gasteiger partial charge < -0.3 is 20.7 Å². The van der Waals surface area contributed by atoms with E-state index in [9.17, 15) is 4.39 Å². The normalized spacial score (nSPS) is 15.4. The second-order valence-electron chi connectivity index (χ2n) is 9.06. The van der Waals surface area contributed by atoms with Gasteiger partial charge in [-0.25, -0.2) is 8.78 Å². The number of ether oxygens (including phenoxy) is 1. The van der Waals surface area contributed by atoms with Crippen LogP contribution in [0.5, 0.6) is 5.75 Å². The SMILES string of the molecule is CC1(C)CCN(c2ccc(Nc3c(N)cc(F)c(OCc4ccccc4)c3F)cc2)CC1. The van der Waals surface area contributed by atoms with Gasteiger partial charge in [0.2, 0.25) is 0 Å². The molecule has 32 heavy (non-hydrogen) atoms. The van der Waals surface area contributed by atoms with E-state index in [2.05, 4.69) is 24.1 Å². The van der Waals surface area contributed by atoms with Gasteiger partial charge >= 0.3 is 0 Å². The number of piperidine rings is 1. The number of nitrogens with zero attached hydrogens (tertiary/aromatic N) is 1. The number of nitrogens with one attached hydrogen (secondary N) is 1. The van der Waals surface area contributed by atoms with Crippen LogP contribution in [0, 0.1) is 17.0 Å². The molecule has 0 spiro atoms. The van der Waals surface area contributed by atoms with Crippen LogP contribution in [0.1, 0.15) is 32.3 Å². The number of nitrogen functional groups attached to an aromatic ring is 1. The lowest BCUT2D eigenvalue weighted by molar-refractivity contribution is 0.275. The maximum Gasteiger partial charge on any atom is 0.193 e. The quantitative estimate of drug-likeness (QED) is 0.433. The lowest BCUT2D eigenvalue weighted by Gasteiger charge is -2.38. The molecule has 0 aromatic heterocycles. The summed E-state index contributed by atoms with van der Waals surface area (Å²) in [5.41, 5.74) is 8.89. The molecule has 1 aliphatic heterocycles. The number of nitrogens with two attached hydrogens (primary N) is 1. The van der Waals surface area contributed by atoms with Crippen molar-refractivity contribution in [2.75, 3.05) is 29.0 Å². The average molecular weight is 438 g/mol. The van der Waals surface area contributed by atoms with Crippen LogP contribution < -0.4 is 20.7 Å². The van der Waals surface area contributed by atoms with Crippen LogP contribution in [0.25, 0.3) is 0 Å². The lowest BCUT2D eigenvalue weighted by Crippen LogP contribution is -2.37. The van der Waals surface area contributed by atoms with Gasteiger partial charge in [0.1, 0.15) is 12.3 Å². The van der Waals surface area contributed by atoms with Crippen molar-refractivity contribution in [3.63, 3.8) is 0 Å². The minimum absolute atomic E-state index is 0.00179. The third-order valence-corrected chi connectivity index (χ3v) is 6.05. The van der Waals surface area contributed by atoms with Crippen LogP contribution in [0.2, 0.25) is 0 Å². The van der Waals surface area contributed by atoms with Gasteiger partial charge in [0.15, 0.2) is 17.4 Å². The first-order chi connectivity index (χ1) is 15.3. The Balaban J connectivity index is 1.49. The number of rotatable bonds is 6. The first kappa shape index (κ1) is 21.9. The first-order valence-corrected chi connectivity index (χ1v) is 10.9. The van der Waals surface area contributed by atoms with Gasteiger partial charge in [-0.3, -0.25) is 0 Å². The molecular weight excluding hydrogens is 408 g/mol. The molecule has 0 saturated carbocycles. The molecule has 4 nitrogen and oxygen atoms in total. The molecule has 0 aliphatic carbocycles. The van der Waals surface area contributed by atoms with Gasteiger partial charge in [0, 0.05) is 30.5 Å². The van der Waals surface area contributed by atoms with E-state index in [1.54, 1.807) is 0 Å². The molecule has 1 aliphatic rings. The molecule has 0 amide bonds. The summed E-state index contributed by atoms with van der Waals surface area (Å²) in [5, 5.41) is 2.98. The van der Waals surface area contributed by atoms with Crippen molar-refractivity contribution in [1.29, 1.82) is 0 Å². The summed E-state index contributed by atoms with van der Waals surface area (Å²) in [4.78, 5) is 2.36. The first-order valence-electron chi connectivity index (χ1n) is 10.9. The molecule has 1 saturated heterocycles. The van der Waals surface area contributed by atoms with Crippen LogP contribution >= 0.6 is 0 Å². The molecule has 0 radical (unpaired) electrons. The molecule has 0 unspecified atom stereocenters. The van der Waals surface area contributed by atoms with E-state index in [0.29, 0.717) is 11.1 Å². The fourth-order valence-corrected chi connectivity index (χ4v) is 3.88. The maximum atomic E-state index is 15.1. The Labute approximate surface area is 188 Å². The van der Waals surface area contributed by atoms with E-state index < -0.39 is 17.4 Å². The molecule has 0 bridgehead atoms. The minimum Gasteiger partial charge on any atom is -0.483 e. The van der Waals surface area contributed by atoms with E-state index in [0.717, 1.165) is 43.2 Å². The van der Waals surface area contributed by atoms with Gasteiger partial charge in [-0.2, -0.15) is 0 Å². The summed E-state index contributed by atoms with van der Waals surface area (Å²) < 4.78 is 34.9. The third-order valence-electron chi connectivity index (χ3n) is 6.05. The Morgan fingerprint density at radius 3 is 2.31 bits per heavy atom. The highest BCUT2D eigenvalue weighted by atomic mass is 19.1. The van der Waals surface area contributed by atoms with Crippen LogP contribution in [-0.2, 0) is 6.61 Å². The van der Waals surface area contributed by atoms with Crippen LogP contribution in [0.3, 0.4) is 0 Å². The van der Waals surface area contributed by atoms with E-state index in [4.69, 9.17) is 10.5 Å². The predicted octanol–water partition coefficient (Wildman–Crippen LogP) is 6.50. The molecule has 6 heteroatoms. The molecule has 3 aromatic carbocycles. The van der Waals surface area contributed by atoms with Gasteiger partial charge in [0.05, 0.1) is 5.69 Å². The number of hydrogen-bond acceptors (Lipinski definition) is 4. The molecule has 3 aromatic rings. The second-order valence-corrected chi connectivity index (χ2v) is 9.06. The summed E-state index contributed by atoms with van der Waals surface area (Å²) in [6.45, 7) is 6.69. The largest absolute Gasteiger partial charge is 0.483 e. The zero-order valence-corrected chi connectivity index (χ0v) is 18.5. The zero-order chi connectivity index (χ0) is 22.7. The summed E-state index contributed by atoms with van der Waals surface area (Å²) in [5.74, 6) is -2.12. The topological polar surface area (TPSA) is 50.5 Å². The summed E-state index contributed by atoms with van der Waals surface area (Å²) in [6.07, 6.45) is 2.30. The predicted molar refractivity (Wildman–Crippen MR) is 126 cm³/mol. The molecule has 1 fully saturated rings. The molecule has 0 atom stereocenters. The molecule has 4 rings (SSSR count). The van der Waals surface area contributed by atoms with Crippen LogP contribution in [0.4, 0.5) is 31.5 Å². The fraction of sp³-hybridized carbons (Fsp3) is 0.308. The minimum atomic E-state index is -0.847. The Bertz CT molecular complexity index is 1060. The Morgan fingerprint density at radius 2 is 1.66 bits per heavy atom.